The molecular formula is C68H132O17P2. The van der Waals surface area contributed by atoms with Gasteiger partial charge in [-0.2, -0.15) is 0 Å². The SMILES string of the molecule is CCCCCCCCCCCCCCC(=O)O[C@H](COC(=O)CCCCCCCCCCC(C)C)COP(=O)(O)OC[C@H](O)COP(=O)(O)OC[C@@H](COC(=O)CCCCCCCCCCC(C)CC)OC(=O)CCCCCCCCCCCC(C)C. The number of phosphoric acid groups is 2. The van der Waals surface area contributed by atoms with E-state index in [0.717, 1.165) is 108 Å². The molecule has 87 heavy (non-hydrogen) atoms. The van der Waals surface area contributed by atoms with Crippen LogP contribution < -0.4 is 0 Å². The molecule has 3 unspecified atom stereocenters. The Hall–Kier alpha value is -1.94. The largest absolute Gasteiger partial charge is 0.472 e. The summed E-state index contributed by atoms with van der Waals surface area (Å²) in [6.07, 6.45) is 41.6. The van der Waals surface area contributed by atoms with Crippen molar-refractivity contribution in [3.8, 4) is 0 Å². The lowest BCUT2D eigenvalue weighted by molar-refractivity contribution is -0.161. The third-order valence-corrected chi connectivity index (χ3v) is 17.9. The molecule has 0 heterocycles. The first-order valence-corrected chi connectivity index (χ1v) is 38.4. The quantitative estimate of drug-likeness (QED) is 0.0222. The molecule has 0 saturated heterocycles. The molecule has 3 N–H and O–H groups in total. The number of rotatable bonds is 66. The Bertz CT molecular complexity index is 1720. The normalized spacial score (nSPS) is 14.6. The molecule has 0 spiro atoms. The van der Waals surface area contributed by atoms with Crippen LogP contribution in [0.4, 0.5) is 0 Å². The summed E-state index contributed by atoms with van der Waals surface area (Å²) in [5, 5.41) is 10.6. The van der Waals surface area contributed by atoms with Crippen molar-refractivity contribution >= 4 is 39.5 Å². The second-order valence-corrected chi connectivity index (χ2v) is 28.7. The van der Waals surface area contributed by atoms with Gasteiger partial charge < -0.3 is 33.8 Å². The van der Waals surface area contributed by atoms with Crippen molar-refractivity contribution < 1.29 is 80.2 Å². The highest BCUT2D eigenvalue weighted by Crippen LogP contribution is 2.45. The van der Waals surface area contributed by atoms with Gasteiger partial charge >= 0.3 is 39.5 Å². The third-order valence-electron chi connectivity index (χ3n) is 16.0. The van der Waals surface area contributed by atoms with Crippen molar-refractivity contribution in [2.24, 2.45) is 17.8 Å². The first-order valence-electron chi connectivity index (χ1n) is 35.4. The molecule has 0 amide bonds. The van der Waals surface area contributed by atoms with E-state index in [2.05, 4.69) is 48.5 Å². The number of unbranched alkanes of at least 4 members (excludes halogenated alkanes) is 33. The van der Waals surface area contributed by atoms with Crippen molar-refractivity contribution in [2.75, 3.05) is 39.6 Å². The average Bonchev–Trinajstić information content (AvgIpc) is 3.69. The van der Waals surface area contributed by atoms with Crippen LogP contribution in [0.5, 0.6) is 0 Å². The Labute approximate surface area is 530 Å². The van der Waals surface area contributed by atoms with Gasteiger partial charge in [-0.25, -0.2) is 9.13 Å². The monoisotopic (exact) mass is 1280 g/mol. The van der Waals surface area contributed by atoms with Crippen LogP contribution in [0.25, 0.3) is 0 Å². The molecular weight excluding hydrogens is 1150 g/mol. The number of aliphatic hydroxyl groups excluding tert-OH is 1. The van der Waals surface area contributed by atoms with E-state index in [1.54, 1.807) is 0 Å². The van der Waals surface area contributed by atoms with Crippen LogP contribution in [0.1, 0.15) is 337 Å². The molecule has 0 fully saturated rings. The van der Waals surface area contributed by atoms with E-state index in [4.69, 9.17) is 37.0 Å². The number of carbonyl (C=O) groups is 4. The smallest absolute Gasteiger partial charge is 0.462 e. The first-order chi connectivity index (χ1) is 41.8. The van der Waals surface area contributed by atoms with Crippen molar-refractivity contribution in [1.29, 1.82) is 0 Å². The molecule has 0 saturated carbocycles. The maximum atomic E-state index is 13.0. The number of phosphoric ester groups is 2. The maximum Gasteiger partial charge on any atom is 0.472 e. The molecule has 0 aromatic heterocycles. The summed E-state index contributed by atoms with van der Waals surface area (Å²) in [6.45, 7) is 11.8. The van der Waals surface area contributed by atoms with Crippen LogP contribution in [0.3, 0.4) is 0 Å². The van der Waals surface area contributed by atoms with Crippen LogP contribution in [0, 0.1) is 17.8 Å². The van der Waals surface area contributed by atoms with Gasteiger partial charge in [0, 0.05) is 25.7 Å². The average molecular weight is 1280 g/mol. The van der Waals surface area contributed by atoms with Crippen molar-refractivity contribution in [2.45, 2.75) is 356 Å². The van der Waals surface area contributed by atoms with Gasteiger partial charge in [0.25, 0.3) is 0 Å². The molecule has 0 radical (unpaired) electrons. The van der Waals surface area contributed by atoms with Gasteiger partial charge in [-0.05, 0) is 43.4 Å². The Balaban J connectivity index is 5.27. The molecule has 0 aliphatic heterocycles. The molecule has 0 aromatic carbocycles. The summed E-state index contributed by atoms with van der Waals surface area (Å²) in [7, 11) is -9.90. The van der Waals surface area contributed by atoms with Crippen molar-refractivity contribution in [3.05, 3.63) is 0 Å². The van der Waals surface area contributed by atoms with E-state index in [1.165, 1.54) is 148 Å². The van der Waals surface area contributed by atoms with Crippen molar-refractivity contribution in [3.63, 3.8) is 0 Å². The van der Waals surface area contributed by atoms with Gasteiger partial charge in [0.1, 0.15) is 19.3 Å². The highest BCUT2D eigenvalue weighted by Gasteiger charge is 2.30. The highest BCUT2D eigenvalue weighted by atomic mass is 31.2. The second-order valence-electron chi connectivity index (χ2n) is 25.8. The zero-order chi connectivity index (χ0) is 64.5. The van der Waals surface area contributed by atoms with Crippen LogP contribution in [0.15, 0.2) is 0 Å². The van der Waals surface area contributed by atoms with Gasteiger partial charge in [-0.3, -0.25) is 37.3 Å². The second kappa shape index (κ2) is 59.1. The molecule has 19 heteroatoms. The fourth-order valence-electron chi connectivity index (χ4n) is 10.2. The molecule has 516 valence electrons. The Morgan fingerprint density at radius 1 is 0.333 bits per heavy atom. The first kappa shape index (κ1) is 85.1. The lowest BCUT2D eigenvalue weighted by Crippen LogP contribution is -2.30. The lowest BCUT2D eigenvalue weighted by atomic mass is 9.99. The Morgan fingerprint density at radius 2 is 0.586 bits per heavy atom. The standard InChI is InChI=1S/C68H132O17P2/c1-8-10-11-12-13-14-15-16-19-30-37-44-51-67(72)84-63(55-78-65(70)49-42-35-28-23-21-26-33-40-47-60(5)6)57-82-86(74,75)80-53-62(69)54-81-87(76,77)83-58-64(85-68(73)52-45-38-31-20-17-18-25-32-39-46-59(3)4)56-79-66(71)50-43-36-29-24-22-27-34-41-48-61(7)9-2/h59-64,69H,8-58H2,1-7H3,(H,74,75)(H,76,77)/t61?,62-,63+,64+/m0/s1. The topological polar surface area (TPSA) is 237 Å². The Kier molecular flexibility index (Phi) is 57.8. The van der Waals surface area contributed by atoms with E-state index in [9.17, 15) is 43.2 Å². The summed E-state index contributed by atoms with van der Waals surface area (Å²) in [6, 6.07) is 0. The minimum absolute atomic E-state index is 0.104. The van der Waals surface area contributed by atoms with Gasteiger partial charge in [0.15, 0.2) is 12.2 Å². The zero-order valence-corrected chi connectivity index (χ0v) is 58.3. The van der Waals surface area contributed by atoms with E-state index in [-0.39, 0.29) is 25.7 Å². The summed E-state index contributed by atoms with van der Waals surface area (Å²) >= 11 is 0. The summed E-state index contributed by atoms with van der Waals surface area (Å²) in [4.78, 5) is 72.4. The fraction of sp³-hybridized carbons (Fsp3) is 0.941. The summed E-state index contributed by atoms with van der Waals surface area (Å²) < 4.78 is 68.2. The van der Waals surface area contributed by atoms with Crippen LogP contribution in [-0.4, -0.2) is 96.7 Å². The number of aliphatic hydroxyl groups is 1. The van der Waals surface area contributed by atoms with Crippen molar-refractivity contribution in [1.82, 2.24) is 0 Å². The van der Waals surface area contributed by atoms with Gasteiger partial charge in [0.2, 0.25) is 0 Å². The minimum atomic E-state index is -4.95. The molecule has 0 rings (SSSR count). The predicted molar refractivity (Wildman–Crippen MR) is 349 cm³/mol. The lowest BCUT2D eigenvalue weighted by Gasteiger charge is -2.21. The molecule has 0 aliphatic rings. The molecule has 0 aromatic rings. The molecule has 17 nitrogen and oxygen atoms in total. The number of hydrogen-bond donors (Lipinski definition) is 3. The molecule has 0 aliphatic carbocycles. The number of hydrogen-bond acceptors (Lipinski definition) is 15. The molecule has 0 bridgehead atoms. The van der Waals surface area contributed by atoms with Gasteiger partial charge in [-0.1, -0.05) is 286 Å². The Morgan fingerprint density at radius 3 is 0.874 bits per heavy atom. The van der Waals surface area contributed by atoms with Gasteiger partial charge in [-0.15, -0.1) is 0 Å². The van der Waals surface area contributed by atoms with Gasteiger partial charge in [0.05, 0.1) is 26.4 Å². The van der Waals surface area contributed by atoms with E-state index in [1.807, 2.05) is 0 Å². The number of esters is 4. The van der Waals surface area contributed by atoms with Crippen LogP contribution in [-0.2, 0) is 65.4 Å². The van der Waals surface area contributed by atoms with E-state index in [0.29, 0.717) is 25.7 Å². The predicted octanol–water partition coefficient (Wildman–Crippen LogP) is 19.1. The highest BCUT2D eigenvalue weighted by molar-refractivity contribution is 7.47. The summed E-state index contributed by atoms with van der Waals surface area (Å²) in [5.74, 6) is 0.111. The van der Waals surface area contributed by atoms with E-state index < -0.39 is 97.5 Å². The maximum absolute atomic E-state index is 13.0. The minimum Gasteiger partial charge on any atom is -0.462 e. The fourth-order valence-corrected chi connectivity index (χ4v) is 11.7. The molecule has 6 atom stereocenters. The van der Waals surface area contributed by atoms with E-state index >= 15 is 0 Å². The van der Waals surface area contributed by atoms with Crippen LogP contribution >= 0.6 is 15.6 Å². The van der Waals surface area contributed by atoms with Crippen LogP contribution in [0.2, 0.25) is 0 Å². The zero-order valence-electron chi connectivity index (χ0n) is 56.5. The number of carbonyl (C=O) groups excluding carboxylic acids is 4. The number of ether oxygens (including phenoxy) is 4. The summed E-state index contributed by atoms with van der Waals surface area (Å²) in [5.41, 5.74) is 0. The third kappa shape index (κ3) is 61.3.